The first kappa shape index (κ1) is 49.4. The van der Waals surface area contributed by atoms with Crippen molar-refractivity contribution in [3.63, 3.8) is 0 Å². The highest BCUT2D eigenvalue weighted by molar-refractivity contribution is 5.84. The second kappa shape index (κ2) is 16.7. The zero-order chi connectivity index (χ0) is 46.0. The molecule has 8 bridgehead atoms. The first-order valence-electron chi connectivity index (χ1n) is 22.3. The molecule has 0 heterocycles. The van der Waals surface area contributed by atoms with Gasteiger partial charge in [-0.2, -0.15) is 26.3 Å². The number of hydrogen-bond donors (Lipinski definition) is 2. The van der Waals surface area contributed by atoms with Crippen LogP contribution in [0.3, 0.4) is 0 Å². The summed E-state index contributed by atoms with van der Waals surface area (Å²) in [7, 11) is 0. The van der Waals surface area contributed by atoms with Gasteiger partial charge in [0.1, 0.15) is 11.2 Å². The number of esters is 4. The minimum absolute atomic E-state index is 0.0907. The summed E-state index contributed by atoms with van der Waals surface area (Å²) in [5, 5.41) is 18.9. The minimum atomic E-state index is -5.13. The number of alkyl halides is 6. The molecule has 8 aliphatic carbocycles. The molecule has 61 heavy (non-hydrogen) atoms. The van der Waals surface area contributed by atoms with E-state index in [1.54, 1.807) is 13.8 Å². The fraction of sp³-hybridized carbons (Fsp3) is 0.911. The van der Waals surface area contributed by atoms with Crippen LogP contribution in [0.1, 0.15) is 165 Å². The third-order valence-electron chi connectivity index (χ3n) is 16.3. The highest BCUT2D eigenvalue weighted by Gasteiger charge is 2.62. The molecule has 0 aromatic rings. The Hall–Kier alpha value is -2.62. The van der Waals surface area contributed by atoms with Crippen LogP contribution < -0.4 is 0 Å². The number of ether oxygens (including phenoxy) is 4. The fourth-order valence-corrected chi connectivity index (χ4v) is 12.4. The Morgan fingerprint density at radius 1 is 0.541 bits per heavy atom. The summed E-state index contributed by atoms with van der Waals surface area (Å²) in [6.07, 6.45) is 1.92. The molecule has 350 valence electrons. The van der Waals surface area contributed by atoms with Gasteiger partial charge in [-0.1, -0.05) is 20.8 Å². The average molecular weight is 883 g/mol. The largest absolute Gasteiger partial charge is 0.459 e. The molecule has 0 aliphatic heterocycles. The number of halogens is 6. The van der Waals surface area contributed by atoms with Crippen LogP contribution in [0.25, 0.3) is 0 Å². The molecule has 2 N–H and O–H groups in total. The van der Waals surface area contributed by atoms with Crippen LogP contribution in [-0.2, 0) is 38.1 Å². The zero-order valence-electron chi connectivity index (χ0n) is 37.3. The number of hydrogen-bond acceptors (Lipinski definition) is 10. The molecule has 16 heteroatoms. The molecule has 4 atom stereocenters. The Morgan fingerprint density at radius 3 is 1.21 bits per heavy atom. The molecule has 0 amide bonds. The maximum Gasteiger partial charge on any atom is 0.455 e. The van der Waals surface area contributed by atoms with Crippen molar-refractivity contribution < 1.29 is 74.7 Å². The maximum absolute atomic E-state index is 13.2. The van der Waals surface area contributed by atoms with Gasteiger partial charge in [-0.25, -0.2) is 0 Å². The summed E-state index contributed by atoms with van der Waals surface area (Å²) in [5.41, 5.74) is -4.05. The zero-order valence-corrected chi connectivity index (χ0v) is 37.3. The molecule has 8 fully saturated rings. The van der Waals surface area contributed by atoms with E-state index < -0.39 is 82.7 Å². The van der Waals surface area contributed by atoms with Crippen molar-refractivity contribution in [2.45, 2.75) is 200 Å². The van der Waals surface area contributed by atoms with Crippen molar-refractivity contribution in [1.29, 1.82) is 0 Å². The highest BCUT2D eigenvalue weighted by Crippen LogP contribution is 2.65. The van der Waals surface area contributed by atoms with Crippen LogP contribution >= 0.6 is 0 Å². The van der Waals surface area contributed by atoms with Crippen LogP contribution in [0, 0.1) is 57.7 Å². The van der Waals surface area contributed by atoms with Gasteiger partial charge in [-0.05, 0) is 159 Å². The maximum atomic E-state index is 13.2. The topological polar surface area (TPSA) is 146 Å². The molecular formula is C45H68F6O10. The molecule has 0 spiro atoms. The molecule has 0 saturated heterocycles. The predicted molar refractivity (Wildman–Crippen MR) is 209 cm³/mol. The molecular weight excluding hydrogens is 814 g/mol. The van der Waals surface area contributed by atoms with Crippen molar-refractivity contribution in [3.8, 4) is 0 Å². The van der Waals surface area contributed by atoms with Crippen molar-refractivity contribution in [2.24, 2.45) is 57.7 Å². The van der Waals surface area contributed by atoms with Crippen LogP contribution in [0.2, 0.25) is 0 Å². The van der Waals surface area contributed by atoms with E-state index in [0.29, 0.717) is 61.7 Å². The van der Waals surface area contributed by atoms with Gasteiger partial charge in [0.2, 0.25) is 0 Å². The molecule has 10 nitrogen and oxygen atoms in total. The summed E-state index contributed by atoms with van der Waals surface area (Å²) in [6.45, 7) is 13.0. The molecule has 8 saturated carbocycles. The standard InChI is InChI=1S/C23H35F3O5.C22H33F3O5/c1-6-20(4,13-17(27)30-21(5,29)23(24,25)26)18(28)31-19(2,3)22-10-14-7-15(11-22)9-16(8-14)12-22;1-5-19(3,12-17(26)29-20(4,28)22(23,24)25)18(27)30-21(6-2)15-8-13-7-14(10-15)11-16(21)9-13/h14-16,29H,6-13H2,1-5H3;13-16,28H,5-12H2,1-4H3. The lowest BCUT2D eigenvalue weighted by molar-refractivity contribution is -0.343. The Bertz CT molecular complexity index is 1590. The highest BCUT2D eigenvalue weighted by atomic mass is 19.4. The fourth-order valence-electron chi connectivity index (χ4n) is 12.4. The van der Waals surface area contributed by atoms with Crippen LogP contribution in [0.5, 0.6) is 0 Å². The summed E-state index contributed by atoms with van der Waals surface area (Å²) in [5.74, 6) is -6.96. The lowest BCUT2D eigenvalue weighted by Crippen LogP contribution is -2.60. The summed E-state index contributed by atoms with van der Waals surface area (Å²) < 4.78 is 97.7. The molecule has 0 aromatic carbocycles. The first-order valence-corrected chi connectivity index (χ1v) is 22.3. The second-order valence-corrected chi connectivity index (χ2v) is 21.2. The van der Waals surface area contributed by atoms with Gasteiger partial charge in [0.25, 0.3) is 0 Å². The van der Waals surface area contributed by atoms with E-state index in [2.05, 4.69) is 9.47 Å². The van der Waals surface area contributed by atoms with E-state index >= 15 is 0 Å². The lowest BCUT2D eigenvalue weighted by Gasteiger charge is -2.61. The molecule has 0 aromatic heterocycles. The Labute approximate surface area is 355 Å². The molecule has 8 aliphatic rings. The number of carbonyl (C=O) groups excluding carboxylic acids is 4. The second-order valence-electron chi connectivity index (χ2n) is 21.2. The van der Waals surface area contributed by atoms with E-state index in [1.807, 2.05) is 20.8 Å². The summed E-state index contributed by atoms with van der Waals surface area (Å²) in [6, 6.07) is 0. The molecule has 4 unspecified atom stereocenters. The number of carbonyl (C=O) groups is 4. The SMILES string of the molecule is CCC(C)(CC(=O)OC(C)(O)C(F)(F)F)C(=O)OC(C)(C)C12CC3CC(CC(C3)C1)C2.CCC(C)(CC(=O)OC(C)(O)C(F)(F)F)C(=O)OC1(CC)C2CC3CC(C2)CC1C3. The third kappa shape index (κ3) is 9.75. The van der Waals surface area contributed by atoms with Crippen molar-refractivity contribution in [2.75, 3.05) is 0 Å². The van der Waals surface area contributed by atoms with Gasteiger partial charge < -0.3 is 29.2 Å². The molecule has 8 rings (SSSR count). The van der Waals surface area contributed by atoms with Gasteiger partial charge in [-0.15, -0.1) is 0 Å². The smallest absolute Gasteiger partial charge is 0.455 e. The first-order chi connectivity index (χ1) is 27.8. The van der Waals surface area contributed by atoms with E-state index in [4.69, 9.17) is 9.47 Å². The number of aliphatic hydroxyl groups is 2. The summed E-state index contributed by atoms with van der Waals surface area (Å²) in [4.78, 5) is 50.8. The Morgan fingerprint density at radius 2 is 0.885 bits per heavy atom. The van der Waals surface area contributed by atoms with E-state index in [1.165, 1.54) is 39.5 Å². The monoisotopic (exact) mass is 882 g/mol. The molecule has 0 radical (unpaired) electrons. The Balaban J connectivity index is 0.000000231. The third-order valence-corrected chi connectivity index (χ3v) is 16.3. The van der Waals surface area contributed by atoms with Gasteiger partial charge in [0, 0.05) is 19.3 Å². The average Bonchev–Trinajstić information content (AvgIpc) is 3.10. The van der Waals surface area contributed by atoms with Gasteiger partial charge in [0.05, 0.1) is 23.7 Å². The van der Waals surface area contributed by atoms with Crippen LogP contribution in [0.4, 0.5) is 26.3 Å². The van der Waals surface area contributed by atoms with Crippen molar-refractivity contribution >= 4 is 23.9 Å². The van der Waals surface area contributed by atoms with Gasteiger partial charge >= 0.3 is 47.8 Å². The van der Waals surface area contributed by atoms with Gasteiger partial charge in [0.15, 0.2) is 0 Å². The van der Waals surface area contributed by atoms with E-state index in [0.717, 1.165) is 44.9 Å². The predicted octanol–water partition coefficient (Wildman–Crippen LogP) is 9.90. The minimum Gasteiger partial charge on any atom is -0.459 e. The van der Waals surface area contributed by atoms with Crippen molar-refractivity contribution in [1.82, 2.24) is 0 Å². The summed E-state index contributed by atoms with van der Waals surface area (Å²) >= 11 is 0. The van der Waals surface area contributed by atoms with E-state index in [-0.39, 0.29) is 18.3 Å². The van der Waals surface area contributed by atoms with Gasteiger partial charge in [-0.3, -0.25) is 19.2 Å². The lowest BCUT2D eigenvalue weighted by atomic mass is 9.46. The van der Waals surface area contributed by atoms with Crippen LogP contribution in [0.15, 0.2) is 0 Å². The van der Waals surface area contributed by atoms with E-state index in [9.17, 15) is 55.7 Å². The normalized spacial score (nSPS) is 35.3. The van der Waals surface area contributed by atoms with Crippen molar-refractivity contribution in [3.05, 3.63) is 0 Å². The van der Waals surface area contributed by atoms with Crippen LogP contribution in [-0.4, -0.2) is 69.2 Å². The Kier molecular flexibility index (Phi) is 13.6. The number of rotatable bonds is 14. The quantitative estimate of drug-likeness (QED) is 0.0749.